The molecule has 0 aliphatic heterocycles. The Balaban J connectivity index is 2.36. The predicted molar refractivity (Wildman–Crippen MR) is 65.0 cm³/mol. The minimum Gasteiger partial charge on any atom is -0.395 e. The zero-order valence-corrected chi connectivity index (χ0v) is 10.0. The van der Waals surface area contributed by atoms with E-state index in [0.29, 0.717) is 6.04 Å². The fourth-order valence-electron chi connectivity index (χ4n) is 2.39. The van der Waals surface area contributed by atoms with E-state index in [1.165, 1.54) is 37.7 Å². The highest BCUT2D eigenvalue weighted by molar-refractivity contribution is 4.89. The van der Waals surface area contributed by atoms with Crippen molar-refractivity contribution in [3.63, 3.8) is 0 Å². The largest absolute Gasteiger partial charge is 0.395 e. The van der Waals surface area contributed by atoms with Gasteiger partial charge in [-0.3, -0.25) is 4.90 Å². The van der Waals surface area contributed by atoms with Gasteiger partial charge in [-0.1, -0.05) is 24.8 Å². The van der Waals surface area contributed by atoms with Gasteiger partial charge in [-0.05, 0) is 26.2 Å². The van der Waals surface area contributed by atoms with E-state index in [9.17, 15) is 0 Å². The Morgan fingerprint density at radius 1 is 1.27 bits per heavy atom. The fraction of sp³-hybridized carbons (Fsp3) is 0.846. The summed E-state index contributed by atoms with van der Waals surface area (Å²) in [5, 5.41) is 9.07. The van der Waals surface area contributed by atoms with Crippen molar-refractivity contribution < 1.29 is 5.11 Å². The van der Waals surface area contributed by atoms with Crippen LogP contribution in [-0.4, -0.2) is 35.7 Å². The van der Waals surface area contributed by atoms with Gasteiger partial charge in [0.15, 0.2) is 0 Å². The third-order valence-corrected chi connectivity index (χ3v) is 3.30. The second kappa shape index (κ2) is 7.02. The maximum absolute atomic E-state index is 9.07. The summed E-state index contributed by atoms with van der Waals surface area (Å²) in [5.41, 5.74) is 1.24. The Bertz CT molecular complexity index is 185. The first kappa shape index (κ1) is 12.7. The van der Waals surface area contributed by atoms with Gasteiger partial charge in [0, 0.05) is 19.1 Å². The van der Waals surface area contributed by atoms with Crippen molar-refractivity contribution in [1.82, 2.24) is 4.90 Å². The molecule has 0 amide bonds. The van der Waals surface area contributed by atoms with Crippen LogP contribution in [0.3, 0.4) is 0 Å². The molecule has 0 aromatic carbocycles. The topological polar surface area (TPSA) is 23.5 Å². The summed E-state index contributed by atoms with van der Waals surface area (Å²) in [6.45, 7) is 8.21. The summed E-state index contributed by atoms with van der Waals surface area (Å²) in [6, 6.07) is 0.713. The number of nitrogens with zero attached hydrogens (tertiary/aromatic N) is 1. The second-order valence-electron chi connectivity index (χ2n) is 4.76. The minimum absolute atomic E-state index is 0.284. The monoisotopic (exact) mass is 211 g/mol. The van der Waals surface area contributed by atoms with Crippen molar-refractivity contribution in [3.8, 4) is 0 Å². The molecule has 0 unspecified atom stereocenters. The molecule has 1 aliphatic carbocycles. The Morgan fingerprint density at radius 3 is 2.47 bits per heavy atom. The zero-order chi connectivity index (χ0) is 11.1. The molecule has 1 rings (SSSR count). The molecule has 88 valence electrons. The molecule has 0 heterocycles. The quantitative estimate of drug-likeness (QED) is 0.683. The van der Waals surface area contributed by atoms with E-state index >= 15 is 0 Å². The molecule has 0 atom stereocenters. The number of hydrogen-bond donors (Lipinski definition) is 1. The molecule has 0 aromatic rings. The smallest absolute Gasteiger partial charge is 0.0558 e. The first-order chi connectivity index (χ1) is 7.24. The van der Waals surface area contributed by atoms with Gasteiger partial charge >= 0.3 is 0 Å². The van der Waals surface area contributed by atoms with Gasteiger partial charge in [-0.2, -0.15) is 0 Å². The Hall–Kier alpha value is -0.340. The number of hydrogen-bond acceptors (Lipinski definition) is 2. The van der Waals surface area contributed by atoms with Crippen molar-refractivity contribution in [2.24, 2.45) is 0 Å². The van der Waals surface area contributed by atoms with Gasteiger partial charge in [0.25, 0.3) is 0 Å². The highest BCUT2D eigenvalue weighted by Crippen LogP contribution is 2.22. The van der Waals surface area contributed by atoms with E-state index < -0.39 is 0 Å². The molecule has 1 fully saturated rings. The van der Waals surface area contributed by atoms with Crippen LogP contribution in [-0.2, 0) is 0 Å². The molecule has 1 N–H and O–H groups in total. The third-order valence-electron chi connectivity index (χ3n) is 3.30. The summed E-state index contributed by atoms with van der Waals surface area (Å²) in [5.74, 6) is 0. The van der Waals surface area contributed by atoms with Crippen LogP contribution in [0.15, 0.2) is 12.2 Å². The SMILES string of the molecule is C=C(C)CCN(CCO)C1CCCCC1. The molecule has 1 aliphatic rings. The molecular weight excluding hydrogens is 186 g/mol. The Kier molecular flexibility index (Phi) is 5.96. The number of rotatable bonds is 6. The Labute approximate surface area is 94.0 Å². The lowest BCUT2D eigenvalue weighted by Crippen LogP contribution is -2.39. The summed E-state index contributed by atoms with van der Waals surface area (Å²) < 4.78 is 0. The summed E-state index contributed by atoms with van der Waals surface area (Å²) in [7, 11) is 0. The molecule has 1 saturated carbocycles. The lowest BCUT2D eigenvalue weighted by Gasteiger charge is -2.34. The van der Waals surface area contributed by atoms with Crippen LogP contribution in [0.1, 0.15) is 45.4 Å². The molecule has 15 heavy (non-hydrogen) atoms. The van der Waals surface area contributed by atoms with Crippen molar-refractivity contribution in [3.05, 3.63) is 12.2 Å². The lowest BCUT2D eigenvalue weighted by molar-refractivity contribution is 0.125. The standard InChI is InChI=1S/C13H25NO/c1-12(2)8-9-14(10-11-15)13-6-4-3-5-7-13/h13,15H,1,3-11H2,2H3. The second-order valence-corrected chi connectivity index (χ2v) is 4.76. The van der Waals surface area contributed by atoms with Crippen LogP contribution >= 0.6 is 0 Å². The molecule has 0 radical (unpaired) electrons. The van der Waals surface area contributed by atoms with Crippen LogP contribution in [0.4, 0.5) is 0 Å². The van der Waals surface area contributed by atoms with Gasteiger partial charge in [0.05, 0.1) is 6.61 Å². The highest BCUT2D eigenvalue weighted by Gasteiger charge is 2.19. The first-order valence-electron chi connectivity index (χ1n) is 6.23. The summed E-state index contributed by atoms with van der Waals surface area (Å²) in [4.78, 5) is 2.45. The molecule has 0 aromatic heterocycles. The average Bonchev–Trinajstić information content (AvgIpc) is 2.25. The van der Waals surface area contributed by atoms with E-state index in [2.05, 4.69) is 18.4 Å². The maximum atomic E-state index is 9.07. The molecule has 0 bridgehead atoms. The zero-order valence-electron chi connectivity index (χ0n) is 10.0. The van der Waals surface area contributed by atoms with E-state index in [1.54, 1.807) is 0 Å². The first-order valence-corrected chi connectivity index (χ1v) is 6.23. The maximum Gasteiger partial charge on any atom is 0.0558 e. The van der Waals surface area contributed by atoms with E-state index in [-0.39, 0.29) is 6.61 Å². The number of aliphatic hydroxyl groups excluding tert-OH is 1. The Morgan fingerprint density at radius 2 is 1.93 bits per heavy atom. The van der Waals surface area contributed by atoms with Gasteiger partial charge in [0.1, 0.15) is 0 Å². The van der Waals surface area contributed by atoms with Crippen molar-refractivity contribution in [2.45, 2.75) is 51.5 Å². The van der Waals surface area contributed by atoms with Gasteiger partial charge in [0.2, 0.25) is 0 Å². The fourth-order valence-corrected chi connectivity index (χ4v) is 2.39. The summed E-state index contributed by atoms with van der Waals surface area (Å²) in [6.07, 6.45) is 7.81. The molecule has 2 nitrogen and oxygen atoms in total. The number of aliphatic hydroxyl groups is 1. The van der Waals surface area contributed by atoms with E-state index in [0.717, 1.165) is 19.5 Å². The van der Waals surface area contributed by atoms with E-state index in [4.69, 9.17) is 5.11 Å². The highest BCUT2D eigenvalue weighted by atomic mass is 16.3. The normalized spacial score (nSPS) is 18.3. The van der Waals surface area contributed by atoms with Crippen LogP contribution in [0.25, 0.3) is 0 Å². The molecule has 2 heteroatoms. The minimum atomic E-state index is 0.284. The average molecular weight is 211 g/mol. The van der Waals surface area contributed by atoms with E-state index in [1.807, 2.05) is 0 Å². The van der Waals surface area contributed by atoms with Crippen LogP contribution < -0.4 is 0 Å². The van der Waals surface area contributed by atoms with Crippen LogP contribution in [0.5, 0.6) is 0 Å². The van der Waals surface area contributed by atoms with Crippen LogP contribution in [0.2, 0.25) is 0 Å². The van der Waals surface area contributed by atoms with Gasteiger partial charge in [-0.15, -0.1) is 6.58 Å². The van der Waals surface area contributed by atoms with Crippen molar-refractivity contribution >= 4 is 0 Å². The molecule has 0 saturated heterocycles. The lowest BCUT2D eigenvalue weighted by atomic mass is 9.94. The summed E-state index contributed by atoms with van der Waals surface area (Å²) >= 11 is 0. The van der Waals surface area contributed by atoms with Crippen molar-refractivity contribution in [2.75, 3.05) is 19.7 Å². The van der Waals surface area contributed by atoms with Crippen LogP contribution in [0, 0.1) is 0 Å². The predicted octanol–water partition coefficient (Wildman–Crippen LogP) is 2.58. The van der Waals surface area contributed by atoms with Crippen molar-refractivity contribution in [1.29, 1.82) is 0 Å². The van der Waals surface area contributed by atoms with Gasteiger partial charge in [-0.25, -0.2) is 0 Å². The third kappa shape index (κ3) is 4.80. The molecular formula is C13H25NO. The molecule has 0 spiro atoms. The van der Waals surface area contributed by atoms with Gasteiger partial charge < -0.3 is 5.11 Å².